The van der Waals surface area contributed by atoms with Crippen molar-refractivity contribution in [1.82, 2.24) is 30.5 Å². The van der Waals surface area contributed by atoms with E-state index in [1.54, 1.807) is 0 Å². The molecular weight excluding hydrogens is 268 g/mol. The molecule has 0 spiro atoms. The van der Waals surface area contributed by atoms with Gasteiger partial charge in [0.15, 0.2) is 0 Å². The summed E-state index contributed by atoms with van der Waals surface area (Å²) in [5.41, 5.74) is 2.54. The molecule has 2 aromatic heterocycles. The van der Waals surface area contributed by atoms with Crippen molar-refractivity contribution in [3.63, 3.8) is 0 Å². The number of nitrogens with zero attached hydrogens (tertiary/aromatic N) is 4. The van der Waals surface area contributed by atoms with Gasteiger partial charge in [-0.05, 0) is 6.07 Å². The number of benzene rings is 1. The summed E-state index contributed by atoms with van der Waals surface area (Å²) < 4.78 is 0. The van der Waals surface area contributed by atoms with Gasteiger partial charge in [0, 0.05) is 5.56 Å². The SMILES string of the molecule is O=C(NCc1cc(-c2ccccc2)ncn1)c1ncn[nH]1. The fraction of sp³-hybridized carbons (Fsp3) is 0.0714. The molecule has 0 fully saturated rings. The first kappa shape index (κ1) is 12.9. The highest BCUT2D eigenvalue weighted by molar-refractivity contribution is 5.90. The van der Waals surface area contributed by atoms with Crippen LogP contribution >= 0.6 is 0 Å². The summed E-state index contributed by atoms with van der Waals surface area (Å²) in [7, 11) is 0. The molecule has 0 aliphatic heterocycles. The van der Waals surface area contributed by atoms with Crippen LogP contribution in [0.25, 0.3) is 11.3 Å². The van der Waals surface area contributed by atoms with Crippen LogP contribution in [0.2, 0.25) is 0 Å². The molecule has 3 rings (SSSR count). The minimum Gasteiger partial charge on any atom is -0.344 e. The maximum absolute atomic E-state index is 11.7. The average molecular weight is 280 g/mol. The Bertz CT molecular complexity index is 726. The van der Waals surface area contributed by atoms with Crippen molar-refractivity contribution in [1.29, 1.82) is 0 Å². The van der Waals surface area contributed by atoms with Gasteiger partial charge in [0.05, 0.1) is 17.9 Å². The number of aromatic nitrogens is 5. The van der Waals surface area contributed by atoms with Gasteiger partial charge in [-0.25, -0.2) is 15.0 Å². The molecule has 0 saturated heterocycles. The van der Waals surface area contributed by atoms with Crippen LogP contribution in [0.5, 0.6) is 0 Å². The Kier molecular flexibility index (Phi) is 3.64. The zero-order valence-corrected chi connectivity index (χ0v) is 11.0. The molecule has 3 aromatic rings. The topological polar surface area (TPSA) is 96.5 Å². The molecule has 0 bridgehead atoms. The second-order valence-corrected chi connectivity index (χ2v) is 4.28. The number of amides is 1. The van der Waals surface area contributed by atoms with Crippen molar-refractivity contribution in [3.05, 3.63) is 60.6 Å². The van der Waals surface area contributed by atoms with E-state index < -0.39 is 0 Å². The lowest BCUT2D eigenvalue weighted by molar-refractivity contribution is 0.0940. The van der Waals surface area contributed by atoms with Crippen molar-refractivity contribution in [2.45, 2.75) is 6.54 Å². The van der Waals surface area contributed by atoms with E-state index in [9.17, 15) is 4.79 Å². The minimum absolute atomic E-state index is 0.173. The zero-order valence-electron chi connectivity index (χ0n) is 11.0. The number of hydrogen-bond acceptors (Lipinski definition) is 5. The summed E-state index contributed by atoms with van der Waals surface area (Å²) in [5, 5.41) is 8.85. The highest BCUT2D eigenvalue weighted by atomic mass is 16.2. The van der Waals surface area contributed by atoms with Crippen LogP contribution in [0, 0.1) is 0 Å². The predicted octanol–water partition coefficient (Wildman–Crippen LogP) is 1.19. The van der Waals surface area contributed by atoms with Gasteiger partial charge in [-0.2, -0.15) is 5.10 Å². The van der Waals surface area contributed by atoms with E-state index in [2.05, 4.69) is 30.5 Å². The van der Waals surface area contributed by atoms with E-state index in [0.29, 0.717) is 6.54 Å². The first-order chi connectivity index (χ1) is 10.3. The Morgan fingerprint density at radius 3 is 2.71 bits per heavy atom. The predicted molar refractivity (Wildman–Crippen MR) is 75.0 cm³/mol. The number of aromatic amines is 1. The molecule has 104 valence electrons. The fourth-order valence-corrected chi connectivity index (χ4v) is 1.83. The summed E-state index contributed by atoms with van der Waals surface area (Å²) in [6.45, 7) is 0.294. The smallest absolute Gasteiger partial charge is 0.288 e. The third kappa shape index (κ3) is 3.08. The molecule has 0 aliphatic carbocycles. The summed E-state index contributed by atoms with van der Waals surface area (Å²) in [6.07, 6.45) is 2.77. The summed E-state index contributed by atoms with van der Waals surface area (Å²) in [4.78, 5) is 23.9. The van der Waals surface area contributed by atoms with Crippen LogP contribution in [0.4, 0.5) is 0 Å². The number of nitrogens with one attached hydrogen (secondary N) is 2. The van der Waals surface area contributed by atoms with Crippen molar-refractivity contribution >= 4 is 5.91 Å². The van der Waals surface area contributed by atoms with Crippen LogP contribution in [0.1, 0.15) is 16.3 Å². The molecule has 1 amide bonds. The molecule has 7 heteroatoms. The first-order valence-corrected chi connectivity index (χ1v) is 6.33. The summed E-state index contributed by atoms with van der Waals surface area (Å²) >= 11 is 0. The maximum atomic E-state index is 11.7. The highest BCUT2D eigenvalue weighted by Crippen LogP contribution is 2.15. The van der Waals surface area contributed by atoms with Crippen LogP contribution in [-0.4, -0.2) is 31.1 Å². The molecule has 21 heavy (non-hydrogen) atoms. The Balaban J connectivity index is 1.71. The van der Waals surface area contributed by atoms with Crippen LogP contribution in [-0.2, 0) is 6.54 Å². The lowest BCUT2D eigenvalue weighted by Crippen LogP contribution is -2.24. The molecule has 2 N–H and O–H groups in total. The van der Waals surface area contributed by atoms with Crippen molar-refractivity contribution in [3.8, 4) is 11.3 Å². The monoisotopic (exact) mass is 280 g/mol. The summed E-state index contributed by atoms with van der Waals surface area (Å²) in [6, 6.07) is 11.6. The molecule has 7 nitrogen and oxygen atoms in total. The lowest BCUT2D eigenvalue weighted by atomic mass is 10.1. The van der Waals surface area contributed by atoms with Crippen molar-refractivity contribution in [2.24, 2.45) is 0 Å². The number of carbonyl (C=O) groups is 1. The van der Waals surface area contributed by atoms with E-state index in [1.165, 1.54) is 12.7 Å². The average Bonchev–Trinajstić information content (AvgIpc) is 3.08. The second kappa shape index (κ2) is 5.91. The largest absolute Gasteiger partial charge is 0.344 e. The molecule has 0 aliphatic rings. The third-order valence-electron chi connectivity index (χ3n) is 2.85. The molecule has 0 atom stereocenters. The van der Waals surface area contributed by atoms with Gasteiger partial charge in [0.2, 0.25) is 5.82 Å². The van der Waals surface area contributed by atoms with Gasteiger partial charge in [-0.3, -0.25) is 9.89 Å². The zero-order chi connectivity index (χ0) is 14.5. The standard InChI is InChI=1S/C14H12N6O/c21-14(13-18-9-19-20-13)15-7-11-6-12(17-8-16-11)10-4-2-1-3-5-10/h1-6,8-9H,7H2,(H,15,21)(H,18,19,20). The van der Waals surface area contributed by atoms with Gasteiger partial charge < -0.3 is 5.32 Å². The van der Waals surface area contributed by atoms with Gasteiger partial charge in [0.25, 0.3) is 5.91 Å². The molecule has 0 radical (unpaired) electrons. The molecule has 0 unspecified atom stereocenters. The Labute approximate surface area is 120 Å². The Hall–Kier alpha value is -3.09. The van der Waals surface area contributed by atoms with E-state index in [0.717, 1.165) is 17.0 Å². The highest BCUT2D eigenvalue weighted by Gasteiger charge is 2.08. The van der Waals surface area contributed by atoms with Crippen LogP contribution in [0.15, 0.2) is 49.1 Å². The van der Waals surface area contributed by atoms with Crippen LogP contribution < -0.4 is 5.32 Å². The second-order valence-electron chi connectivity index (χ2n) is 4.28. The van der Waals surface area contributed by atoms with Gasteiger partial charge >= 0.3 is 0 Å². The van der Waals surface area contributed by atoms with Gasteiger partial charge in [-0.1, -0.05) is 30.3 Å². The Morgan fingerprint density at radius 2 is 1.95 bits per heavy atom. The fourth-order valence-electron chi connectivity index (χ4n) is 1.83. The number of hydrogen-bond donors (Lipinski definition) is 2. The van der Waals surface area contributed by atoms with Crippen molar-refractivity contribution in [2.75, 3.05) is 0 Å². The number of rotatable bonds is 4. The number of carbonyl (C=O) groups excluding carboxylic acids is 1. The van der Waals surface area contributed by atoms with Crippen molar-refractivity contribution < 1.29 is 4.79 Å². The van der Waals surface area contributed by atoms with Gasteiger partial charge in [0.1, 0.15) is 12.7 Å². The van der Waals surface area contributed by atoms with Crippen LogP contribution in [0.3, 0.4) is 0 Å². The van der Waals surface area contributed by atoms with E-state index in [1.807, 2.05) is 36.4 Å². The van der Waals surface area contributed by atoms with E-state index in [4.69, 9.17) is 0 Å². The molecular formula is C14H12N6O. The molecule has 1 aromatic carbocycles. The van der Waals surface area contributed by atoms with E-state index >= 15 is 0 Å². The first-order valence-electron chi connectivity index (χ1n) is 6.33. The minimum atomic E-state index is -0.327. The molecule has 2 heterocycles. The van der Waals surface area contributed by atoms with Gasteiger partial charge in [-0.15, -0.1) is 0 Å². The third-order valence-corrected chi connectivity index (χ3v) is 2.85. The Morgan fingerprint density at radius 1 is 1.10 bits per heavy atom. The maximum Gasteiger partial charge on any atom is 0.288 e. The lowest BCUT2D eigenvalue weighted by Gasteiger charge is -2.05. The normalized spacial score (nSPS) is 10.3. The quantitative estimate of drug-likeness (QED) is 0.748. The number of H-pyrrole nitrogens is 1. The summed E-state index contributed by atoms with van der Waals surface area (Å²) in [5.74, 6) is -0.153. The molecule has 0 saturated carbocycles. The van der Waals surface area contributed by atoms with E-state index in [-0.39, 0.29) is 11.7 Å².